The third-order valence-electron chi connectivity index (χ3n) is 3.71. The molecule has 1 fully saturated rings. The van der Waals surface area contributed by atoms with E-state index >= 15 is 0 Å². The summed E-state index contributed by atoms with van der Waals surface area (Å²) in [6, 6.07) is 1.75. The first-order chi connectivity index (χ1) is 8.85. The van der Waals surface area contributed by atoms with E-state index in [-0.39, 0.29) is 29.2 Å². The highest BCUT2D eigenvalue weighted by Gasteiger charge is 2.28. The Balaban J connectivity index is 2.40. The van der Waals surface area contributed by atoms with Gasteiger partial charge in [0.1, 0.15) is 0 Å². The molecular formula is C13H18ClNO3S. The van der Waals surface area contributed by atoms with Crippen LogP contribution in [0.2, 0.25) is 0 Å². The second kappa shape index (κ2) is 5.29. The van der Waals surface area contributed by atoms with Crippen molar-refractivity contribution in [3.63, 3.8) is 0 Å². The van der Waals surface area contributed by atoms with Crippen molar-refractivity contribution >= 4 is 27.2 Å². The number of halogens is 1. The predicted molar refractivity (Wildman–Crippen MR) is 75.9 cm³/mol. The molecule has 1 atom stereocenters. The highest BCUT2D eigenvalue weighted by molar-refractivity contribution is 7.91. The maximum absolute atomic E-state index is 11.8. The lowest BCUT2D eigenvalue weighted by molar-refractivity contribution is 0.102. The minimum absolute atomic E-state index is 0.0484. The minimum atomic E-state index is -2.96. The zero-order valence-electron chi connectivity index (χ0n) is 11.1. The fourth-order valence-corrected chi connectivity index (χ4v) is 4.71. The molecule has 106 valence electrons. The SMILES string of the molecule is Cc1cc(C(=O)CCl)c(C)n1C1CCCS(=O)(=O)C1. The number of nitrogens with zero attached hydrogens (tertiary/aromatic N) is 1. The van der Waals surface area contributed by atoms with E-state index in [2.05, 4.69) is 0 Å². The molecule has 0 aliphatic carbocycles. The Morgan fingerprint density at radius 2 is 2.16 bits per heavy atom. The first-order valence-electron chi connectivity index (χ1n) is 6.33. The van der Waals surface area contributed by atoms with Gasteiger partial charge in [0.2, 0.25) is 0 Å². The summed E-state index contributed by atoms with van der Waals surface area (Å²) >= 11 is 5.60. The van der Waals surface area contributed by atoms with Gasteiger partial charge in [-0.1, -0.05) is 0 Å². The number of rotatable bonds is 3. The molecule has 0 bridgehead atoms. The van der Waals surface area contributed by atoms with Crippen molar-refractivity contribution in [1.29, 1.82) is 0 Å². The molecule has 19 heavy (non-hydrogen) atoms. The van der Waals surface area contributed by atoms with Crippen molar-refractivity contribution in [2.45, 2.75) is 32.7 Å². The third-order valence-corrected chi connectivity index (χ3v) is 5.76. The number of alkyl halides is 1. The van der Waals surface area contributed by atoms with Crippen LogP contribution in [0.25, 0.3) is 0 Å². The highest BCUT2D eigenvalue weighted by Crippen LogP contribution is 2.28. The van der Waals surface area contributed by atoms with E-state index in [9.17, 15) is 13.2 Å². The van der Waals surface area contributed by atoms with Crippen LogP contribution < -0.4 is 0 Å². The van der Waals surface area contributed by atoms with Crippen LogP contribution in [-0.2, 0) is 9.84 Å². The first kappa shape index (κ1) is 14.6. The summed E-state index contributed by atoms with van der Waals surface area (Å²) in [5, 5.41) is 0. The number of Topliss-reactive ketones (excluding diaryl/α,β-unsaturated/α-hetero) is 1. The summed E-state index contributed by atoms with van der Waals surface area (Å²) in [4.78, 5) is 11.7. The van der Waals surface area contributed by atoms with Gasteiger partial charge in [-0.05, 0) is 32.8 Å². The molecule has 0 aromatic carbocycles. The van der Waals surface area contributed by atoms with Gasteiger partial charge in [0.15, 0.2) is 15.6 Å². The maximum Gasteiger partial charge on any atom is 0.179 e. The number of hydrogen-bond donors (Lipinski definition) is 0. The maximum atomic E-state index is 11.8. The molecule has 2 heterocycles. The van der Waals surface area contributed by atoms with Gasteiger partial charge in [0.05, 0.1) is 17.4 Å². The predicted octanol–water partition coefficient (Wildman–Crippen LogP) is 2.28. The number of aryl methyl sites for hydroxylation is 1. The van der Waals surface area contributed by atoms with Gasteiger partial charge in [-0.2, -0.15) is 0 Å². The molecule has 1 aliphatic rings. The number of carbonyl (C=O) groups is 1. The molecular weight excluding hydrogens is 286 g/mol. The zero-order valence-corrected chi connectivity index (χ0v) is 12.7. The Morgan fingerprint density at radius 1 is 1.47 bits per heavy atom. The van der Waals surface area contributed by atoms with Gasteiger partial charge in [-0.25, -0.2) is 8.42 Å². The summed E-state index contributed by atoms with van der Waals surface area (Å²) < 4.78 is 25.5. The van der Waals surface area contributed by atoms with E-state index in [4.69, 9.17) is 11.6 Å². The van der Waals surface area contributed by atoms with E-state index < -0.39 is 9.84 Å². The van der Waals surface area contributed by atoms with Crippen LogP contribution in [0.15, 0.2) is 6.07 Å². The second-order valence-corrected chi connectivity index (χ2v) is 7.62. The van der Waals surface area contributed by atoms with Gasteiger partial charge >= 0.3 is 0 Å². The van der Waals surface area contributed by atoms with Crippen molar-refractivity contribution in [3.8, 4) is 0 Å². The Labute approximate surface area is 118 Å². The van der Waals surface area contributed by atoms with Gasteiger partial charge in [0, 0.05) is 23.0 Å². The van der Waals surface area contributed by atoms with Crippen molar-refractivity contribution in [2.24, 2.45) is 0 Å². The minimum Gasteiger partial charge on any atom is -0.344 e. The smallest absolute Gasteiger partial charge is 0.179 e. The average molecular weight is 304 g/mol. The Kier molecular flexibility index (Phi) is 4.06. The highest BCUT2D eigenvalue weighted by atomic mass is 35.5. The number of sulfone groups is 1. The van der Waals surface area contributed by atoms with E-state index in [1.807, 2.05) is 18.4 Å². The molecule has 4 nitrogen and oxygen atoms in total. The second-order valence-electron chi connectivity index (χ2n) is 5.12. The molecule has 1 saturated heterocycles. The molecule has 1 unspecified atom stereocenters. The monoisotopic (exact) mass is 303 g/mol. The van der Waals surface area contributed by atoms with Crippen LogP contribution in [-0.4, -0.2) is 36.2 Å². The summed E-state index contributed by atoms with van der Waals surface area (Å²) in [6.07, 6.45) is 1.52. The number of ketones is 1. The van der Waals surface area contributed by atoms with Crippen LogP contribution in [0.3, 0.4) is 0 Å². The lowest BCUT2D eigenvalue weighted by Crippen LogP contribution is -2.28. The van der Waals surface area contributed by atoms with E-state index in [1.165, 1.54) is 0 Å². The van der Waals surface area contributed by atoms with E-state index in [0.717, 1.165) is 17.8 Å². The van der Waals surface area contributed by atoms with Gasteiger partial charge in [-0.3, -0.25) is 4.79 Å². The topological polar surface area (TPSA) is 56.1 Å². The molecule has 0 amide bonds. The molecule has 0 radical (unpaired) electrons. The number of hydrogen-bond acceptors (Lipinski definition) is 3. The van der Waals surface area contributed by atoms with Crippen LogP contribution >= 0.6 is 11.6 Å². The van der Waals surface area contributed by atoms with Crippen LogP contribution in [0.1, 0.15) is 40.6 Å². The lowest BCUT2D eigenvalue weighted by Gasteiger charge is -2.26. The summed E-state index contributed by atoms with van der Waals surface area (Å²) in [5.74, 6) is 0.279. The summed E-state index contributed by atoms with van der Waals surface area (Å²) in [5.41, 5.74) is 2.36. The summed E-state index contributed by atoms with van der Waals surface area (Å²) in [7, 11) is -2.96. The molecule has 2 rings (SSSR count). The molecule has 1 aromatic heterocycles. The lowest BCUT2D eigenvalue weighted by atomic mass is 10.1. The standard InChI is InChI=1S/C13H18ClNO3S/c1-9-6-12(13(16)7-14)10(2)15(9)11-4-3-5-19(17,18)8-11/h6,11H,3-5,7-8H2,1-2H3. The average Bonchev–Trinajstić information content (AvgIpc) is 2.62. The molecule has 1 aliphatic heterocycles. The normalized spacial score (nSPS) is 22.4. The zero-order chi connectivity index (χ0) is 14.2. The fourth-order valence-electron chi connectivity index (χ4n) is 2.90. The van der Waals surface area contributed by atoms with Gasteiger partial charge in [-0.15, -0.1) is 11.6 Å². The van der Waals surface area contributed by atoms with Crippen molar-refractivity contribution in [1.82, 2.24) is 4.57 Å². The van der Waals surface area contributed by atoms with Crippen LogP contribution in [0.4, 0.5) is 0 Å². The summed E-state index contributed by atoms with van der Waals surface area (Å²) in [6.45, 7) is 3.76. The largest absolute Gasteiger partial charge is 0.344 e. The first-order valence-corrected chi connectivity index (χ1v) is 8.69. The quantitative estimate of drug-likeness (QED) is 0.636. The molecule has 0 spiro atoms. The Morgan fingerprint density at radius 3 is 2.74 bits per heavy atom. The Hall–Kier alpha value is -0.810. The molecule has 0 saturated carbocycles. The van der Waals surface area contributed by atoms with Crippen molar-refractivity contribution in [3.05, 3.63) is 23.0 Å². The van der Waals surface area contributed by atoms with Gasteiger partial charge in [0.25, 0.3) is 0 Å². The number of aromatic nitrogens is 1. The van der Waals surface area contributed by atoms with E-state index in [0.29, 0.717) is 12.0 Å². The molecule has 1 aromatic rings. The van der Waals surface area contributed by atoms with Gasteiger partial charge < -0.3 is 4.57 Å². The van der Waals surface area contributed by atoms with E-state index in [1.54, 1.807) is 6.07 Å². The number of carbonyl (C=O) groups excluding carboxylic acids is 1. The molecule has 6 heteroatoms. The van der Waals surface area contributed by atoms with Crippen molar-refractivity contribution < 1.29 is 13.2 Å². The van der Waals surface area contributed by atoms with Crippen molar-refractivity contribution in [2.75, 3.05) is 17.4 Å². The third kappa shape index (κ3) is 2.87. The van der Waals surface area contributed by atoms with Crippen LogP contribution in [0, 0.1) is 13.8 Å². The fraction of sp³-hybridized carbons (Fsp3) is 0.615. The Bertz CT molecular complexity index is 604. The van der Waals surface area contributed by atoms with Crippen LogP contribution in [0.5, 0.6) is 0 Å². The molecule has 0 N–H and O–H groups in total.